The number of aryl methyl sites for hydroxylation is 2. The molecular weight excluding hydrogens is 340 g/mol. The highest BCUT2D eigenvalue weighted by atomic mass is 32.2. The summed E-state index contributed by atoms with van der Waals surface area (Å²) < 4.78 is 38.5. The molecule has 0 atom stereocenters. The van der Waals surface area contributed by atoms with Crippen LogP contribution in [0.25, 0.3) is 11.3 Å². The second-order valence-corrected chi connectivity index (χ2v) is 7.21. The predicted octanol–water partition coefficient (Wildman–Crippen LogP) is 3.77. The van der Waals surface area contributed by atoms with Gasteiger partial charge in [-0.1, -0.05) is 12.1 Å². The maximum atomic E-state index is 12.6. The first-order valence-electron chi connectivity index (χ1n) is 7.59. The van der Waals surface area contributed by atoms with Crippen LogP contribution in [0.3, 0.4) is 0 Å². The zero-order valence-electron chi connectivity index (χ0n) is 14.1. The highest BCUT2D eigenvalue weighted by Crippen LogP contribution is 2.28. The van der Waals surface area contributed by atoms with Gasteiger partial charge in [-0.25, -0.2) is 4.98 Å². The van der Waals surface area contributed by atoms with Gasteiger partial charge in [0.25, 0.3) is 10.0 Å². The van der Waals surface area contributed by atoms with Crippen LogP contribution in [-0.2, 0) is 10.0 Å². The third kappa shape index (κ3) is 3.66. The summed E-state index contributed by atoms with van der Waals surface area (Å²) in [6, 6.07) is 12.1. The van der Waals surface area contributed by atoms with E-state index in [4.69, 9.17) is 9.15 Å². The molecule has 2 aromatic heterocycles. The lowest BCUT2D eigenvalue weighted by molar-refractivity contribution is 0.412. The number of furan rings is 1. The summed E-state index contributed by atoms with van der Waals surface area (Å²) in [5, 5.41) is -0.106. The summed E-state index contributed by atoms with van der Waals surface area (Å²) in [5.74, 6) is 1.89. The lowest BCUT2D eigenvalue weighted by Crippen LogP contribution is -2.15. The van der Waals surface area contributed by atoms with Gasteiger partial charge in [0.05, 0.1) is 12.8 Å². The quantitative estimate of drug-likeness (QED) is 0.751. The average Bonchev–Trinajstić information content (AvgIpc) is 3.03. The molecule has 130 valence electrons. The molecule has 0 saturated carbocycles. The van der Waals surface area contributed by atoms with E-state index in [1.54, 1.807) is 12.1 Å². The number of pyridine rings is 1. The van der Waals surface area contributed by atoms with Crippen molar-refractivity contribution in [1.29, 1.82) is 0 Å². The van der Waals surface area contributed by atoms with E-state index in [0.29, 0.717) is 17.2 Å². The molecule has 0 bridgehead atoms. The van der Waals surface area contributed by atoms with Crippen LogP contribution in [0.4, 0.5) is 5.69 Å². The largest absolute Gasteiger partial charge is 0.497 e. The second kappa shape index (κ2) is 6.60. The number of rotatable bonds is 5. The highest BCUT2D eigenvalue weighted by Gasteiger charge is 2.18. The summed E-state index contributed by atoms with van der Waals surface area (Å²) >= 11 is 0. The van der Waals surface area contributed by atoms with E-state index in [-0.39, 0.29) is 5.03 Å². The number of hydrogen-bond donors (Lipinski definition) is 1. The molecule has 0 aliphatic heterocycles. The minimum Gasteiger partial charge on any atom is -0.497 e. The highest BCUT2D eigenvalue weighted by molar-refractivity contribution is 7.92. The molecule has 0 amide bonds. The van der Waals surface area contributed by atoms with Gasteiger partial charge in [-0.15, -0.1) is 0 Å². The van der Waals surface area contributed by atoms with Gasteiger partial charge < -0.3 is 9.15 Å². The number of hydrogen-bond acceptors (Lipinski definition) is 5. The molecule has 7 heteroatoms. The number of ether oxygens (including phenoxy) is 1. The molecule has 1 N–H and O–H groups in total. The molecule has 0 unspecified atom stereocenters. The molecule has 0 aliphatic rings. The number of sulfonamides is 1. The Morgan fingerprint density at radius 3 is 2.56 bits per heavy atom. The first-order chi connectivity index (χ1) is 11.9. The maximum absolute atomic E-state index is 12.6. The van der Waals surface area contributed by atoms with E-state index in [1.165, 1.54) is 19.4 Å². The van der Waals surface area contributed by atoms with Gasteiger partial charge >= 0.3 is 0 Å². The third-order valence-corrected chi connectivity index (χ3v) is 4.99. The number of anilines is 1. The molecule has 3 aromatic rings. The minimum atomic E-state index is -3.83. The second-order valence-electron chi connectivity index (χ2n) is 5.58. The van der Waals surface area contributed by atoms with Crippen LogP contribution < -0.4 is 9.46 Å². The number of aromatic nitrogens is 1. The van der Waals surface area contributed by atoms with E-state index < -0.39 is 10.0 Å². The fourth-order valence-corrected chi connectivity index (χ4v) is 3.42. The van der Waals surface area contributed by atoms with Gasteiger partial charge in [-0.2, -0.15) is 8.42 Å². The van der Waals surface area contributed by atoms with Crippen molar-refractivity contribution in [3.05, 3.63) is 60.0 Å². The van der Waals surface area contributed by atoms with E-state index in [0.717, 1.165) is 16.9 Å². The summed E-state index contributed by atoms with van der Waals surface area (Å²) in [6.07, 6.45) is 1.39. The monoisotopic (exact) mass is 358 g/mol. The molecule has 3 rings (SSSR count). The van der Waals surface area contributed by atoms with Gasteiger partial charge in [-0.3, -0.25) is 4.72 Å². The van der Waals surface area contributed by atoms with Crippen molar-refractivity contribution in [3.63, 3.8) is 0 Å². The van der Waals surface area contributed by atoms with Crippen LogP contribution in [0, 0.1) is 13.8 Å². The van der Waals surface area contributed by atoms with Crippen molar-refractivity contribution in [2.75, 3.05) is 11.8 Å². The lowest BCUT2D eigenvalue weighted by Gasteiger charge is -2.12. The molecule has 25 heavy (non-hydrogen) atoms. The number of benzene rings is 1. The van der Waals surface area contributed by atoms with Crippen LogP contribution in [-0.4, -0.2) is 20.5 Å². The van der Waals surface area contributed by atoms with Crippen molar-refractivity contribution in [2.24, 2.45) is 0 Å². The average molecular weight is 358 g/mol. The Labute approximate surface area is 146 Å². The first kappa shape index (κ1) is 17.0. The standard InChI is InChI=1S/C18H18N2O4S/c1-12-4-6-14(17-7-5-13(2)24-17)10-16(12)20-25(21,22)18-11-15(23-3)8-9-19-18/h4-11,20H,1-3H3. The predicted molar refractivity (Wildman–Crippen MR) is 95.2 cm³/mol. The Hall–Kier alpha value is -2.80. The molecule has 0 aliphatic carbocycles. The van der Waals surface area contributed by atoms with Gasteiger partial charge in [0, 0.05) is 17.8 Å². The molecule has 6 nitrogen and oxygen atoms in total. The Bertz CT molecular complexity index is 1010. The van der Waals surface area contributed by atoms with Crippen molar-refractivity contribution >= 4 is 15.7 Å². The van der Waals surface area contributed by atoms with Crippen molar-refractivity contribution in [2.45, 2.75) is 18.9 Å². The topological polar surface area (TPSA) is 81.4 Å². The van der Waals surface area contributed by atoms with Crippen molar-refractivity contribution < 1.29 is 17.6 Å². The summed E-state index contributed by atoms with van der Waals surface area (Å²) in [7, 11) is -2.36. The van der Waals surface area contributed by atoms with Crippen LogP contribution in [0.2, 0.25) is 0 Å². The first-order valence-corrected chi connectivity index (χ1v) is 9.08. The van der Waals surface area contributed by atoms with E-state index in [9.17, 15) is 8.42 Å². The summed E-state index contributed by atoms with van der Waals surface area (Å²) in [6.45, 7) is 3.68. The van der Waals surface area contributed by atoms with Crippen LogP contribution in [0.15, 0.2) is 58.1 Å². The molecule has 2 heterocycles. The van der Waals surface area contributed by atoms with Crippen LogP contribution in [0.1, 0.15) is 11.3 Å². The number of nitrogens with one attached hydrogen (secondary N) is 1. The Morgan fingerprint density at radius 1 is 1.08 bits per heavy atom. The lowest BCUT2D eigenvalue weighted by atomic mass is 10.1. The summed E-state index contributed by atoms with van der Waals surface area (Å²) in [4.78, 5) is 3.92. The van der Waals surface area contributed by atoms with E-state index in [2.05, 4.69) is 9.71 Å². The SMILES string of the molecule is COc1ccnc(S(=O)(=O)Nc2cc(-c3ccc(C)o3)ccc2C)c1. The van der Waals surface area contributed by atoms with E-state index >= 15 is 0 Å². The molecule has 0 fully saturated rings. The van der Waals surface area contributed by atoms with Crippen LogP contribution >= 0.6 is 0 Å². The van der Waals surface area contributed by atoms with Gasteiger partial charge in [0.1, 0.15) is 17.3 Å². The maximum Gasteiger partial charge on any atom is 0.279 e. The molecular formula is C18H18N2O4S. The fraction of sp³-hybridized carbons (Fsp3) is 0.167. The smallest absolute Gasteiger partial charge is 0.279 e. The van der Waals surface area contributed by atoms with Gasteiger partial charge in [0.15, 0.2) is 5.03 Å². The normalized spacial score (nSPS) is 11.3. The van der Waals surface area contributed by atoms with Crippen LogP contribution in [0.5, 0.6) is 5.75 Å². The molecule has 1 aromatic carbocycles. The Morgan fingerprint density at radius 2 is 1.88 bits per heavy atom. The number of nitrogens with zero attached hydrogens (tertiary/aromatic N) is 1. The molecule has 0 saturated heterocycles. The Balaban J connectivity index is 1.96. The van der Waals surface area contributed by atoms with Crippen molar-refractivity contribution in [1.82, 2.24) is 4.98 Å². The fourth-order valence-electron chi connectivity index (χ4n) is 2.34. The number of methoxy groups -OCH3 is 1. The van der Waals surface area contributed by atoms with Gasteiger partial charge in [-0.05, 0) is 43.7 Å². The molecule has 0 spiro atoms. The Kier molecular flexibility index (Phi) is 4.50. The zero-order chi connectivity index (χ0) is 18.0. The summed E-state index contributed by atoms with van der Waals surface area (Å²) in [5.41, 5.74) is 2.05. The third-order valence-electron chi connectivity index (χ3n) is 3.72. The minimum absolute atomic E-state index is 0.106. The zero-order valence-corrected chi connectivity index (χ0v) is 14.9. The van der Waals surface area contributed by atoms with Crippen molar-refractivity contribution in [3.8, 4) is 17.1 Å². The van der Waals surface area contributed by atoms with E-state index in [1.807, 2.05) is 38.1 Å². The van der Waals surface area contributed by atoms with Gasteiger partial charge in [0.2, 0.25) is 0 Å². The molecule has 0 radical (unpaired) electrons.